The van der Waals surface area contributed by atoms with E-state index in [-0.39, 0.29) is 63.7 Å². The van der Waals surface area contributed by atoms with E-state index in [2.05, 4.69) is 19.1 Å². The molecule has 1 amide bonds. The van der Waals surface area contributed by atoms with E-state index in [1.54, 1.807) is 7.05 Å². The Morgan fingerprint density at radius 1 is 0.828 bits per heavy atom. The topological polar surface area (TPSA) is 77.5 Å². The van der Waals surface area contributed by atoms with Crippen molar-refractivity contribution in [1.29, 1.82) is 0 Å². The van der Waals surface area contributed by atoms with Crippen LogP contribution in [0.2, 0.25) is 0 Å². The minimum absolute atomic E-state index is 0. The molecular formula is C22H42KNO4S. The first-order chi connectivity index (χ1) is 13.4. The molecular weight excluding hydrogens is 413 g/mol. The molecule has 0 aromatic rings. The molecule has 0 unspecified atom stereocenters. The quantitative estimate of drug-likeness (QED) is 0.130. The van der Waals surface area contributed by atoms with Gasteiger partial charge in [-0.2, -0.15) is 0 Å². The molecule has 0 spiro atoms. The first-order valence-electron chi connectivity index (χ1n) is 11.2. The maximum atomic E-state index is 11.9. The molecule has 29 heavy (non-hydrogen) atoms. The van der Waals surface area contributed by atoms with Gasteiger partial charge in [-0.25, -0.2) is 8.42 Å². The van der Waals surface area contributed by atoms with Crippen molar-refractivity contribution in [1.82, 2.24) is 4.90 Å². The molecule has 0 saturated carbocycles. The van der Waals surface area contributed by atoms with Gasteiger partial charge in [-0.05, 0) is 38.5 Å². The number of allylic oxidation sites excluding steroid dienone is 2. The maximum Gasteiger partial charge on any atom is 1.00 e. The third kappa shape index (κ3) is 24.9. The summed E-state index contributed by atoms with van der Waals surface area (Å²) in [7, 11) is -2.52. The average Bonchev–Trinajstić information content (AvgIpc) is 2.63. The van der Waals surface area contributed by atoms with Gasteiger partial charge in [0.15, 0.2) is 0 Å². The number of hydrogen-bond donors (Lipinski definition) is 0. The second-order valence-corrected chi connectivity index (χ2v) is 9.29. The summed E-state index contributed by atoms with van der Waals surface area (Å²) in [6, 6.07) is 0. The zero-order valence-electron chi connectivity index (χ0n) is 19.2. The molecule has 0 radical (unpaired) electrons. The van der Waals surface area contributed by atoms with Crippen molar-refractivity contribution >= 4 is 16.0 Å². The standard InChI is InChI=1S/C22H43NO4S.K/c1-3-4-5-6-7-8-9-10-11-12-13-14-15-16-17-19-22(24)23(2)20-18-21-28(25,26)27;/h10-11H,3-9,12-21H2,1-2H3,(H,25,26,27);/q;+1/p-1/b11-10+;. The summed E-state index contributed by atoms with van der Waals surface area (Å²) in [4.78, 5) is 13.4. The molecule has 0 aromatic carbocycles. The number of amides is 1. The third-order valence-corrected chi connectivity index (χ3v) is 5.75. The van der Waals surface area contributed by atoms with Crippen LogP contribution in [0, 0.1) is 0 Å². The maximum absolute atomic E-state index is 11.9. The molecule has 5 nitrogen and oxygen atoms in total. The molecule has 0 aliphatic carbocycles. The fourth-order valence-corrected chi connectivity index (χ4v) is 3.62. The molecule has 0 N–H and O–H groups in total. The monoisotopic (exact) mass is 455 g/mol. The van der Waals surface area contributed by atoms with Gasteiger partial charge in [0.05, 0.1) is 10.1 Å². The van der Waals surface area contributed by atoms with E-state index in [4.69, 9.17) is 0 Å². The number of carbonyl (C=O) groups excluding carboxylic acids is 1. The fourth-order valence-electron chi connectivity index (χ4n) is 3.14. The van der Waals surface area contributed by atoms with Crippen LogP contribution in [-0.4, -0.2) is 43.1 Å². The van der Waals surface area contributed by atoms with E-state index < -0.39 is 15.9 Å². The Hall–Kier alpha value is 0.756. The largest absolute Gasteiger partial charge is 1.00 e. The smallest absolute Gasteiger partial charge is 0.748 e. The Kier molecular flexibility index (Phi) is 24.2. The van der Waals surface area contributed by atoms with Crippen molar-refractivity contribution in [2.24, 2.45) is 0 Å². The average molecular weight is 456 g/mol. The minimum atomic E-state index is -4.18. The van der Waals surface area contributed by atoms with Crippen LogP contribution < -0.4 is 51.4 Å². The van der Waals surface area contributed by atoms with Crippen molar-refractivity contribution < 1.29 is 69.1 Å². The Balaban J connectivity index is 0. The summed E-state index contributed by atoms with van der Waals surface area (Å²) in [6.07, 6.45) is 21.3. The zero-order chi connectivity index (χ0) is 21.1. The summed E-state index contributed by atoms with van der Waals surface area (Å²) in [6.45, 7) is 2.57. The summed E-state index contributed by atoms with van der Waals surface area (Å²) in [5, 5.41) is 0. The molecule has 0 fully saturated rings. The summed E-state index contributed by atoms with van der Waals surface area (Å²) < 4.78 is 31.6. The Morgan fingerprint density at radius 2 is 1.31 bits per heavy atom. The Labute approximate surface area is 222 Å². The van der Waals surface area contributed by atoms with Gasteiger partial charge in [0, 0.05) is 25.8 Å². The fraction of sp³-hybridized carbons (Fsp3) is 0.864. The molecule has 0 heterocycles. The normalized spacial score (nSPS) is 11.6. The van der Waals surface area contributed by atoms with Gasteiger partial charge in [0.25, 0.3) is 0 Å². The molecule has 0 saturated heterocycles. The van der Waals surface area contributed by atoms with Gasteiger partial charge in [0.1, 0.15) is 0 Å². The number of nitrogens with zero attached hydrogens (tertiary/aromatic N) is 1. The molecule has 0 bridgehead atoms. The number of hydrogen-bond acceptors (Lipinski definition) is 4. The molecule has 166 valence electrons. The summed E-state index contributed by atoms with van der Waals surface area (Å²) in [5.41, 5.74) is 0. The minimum Gasteiger partial charge on any atom is -0.748 e. The summed E-state index contributed by atoms with van der Waals surface area (Å²) in [5.74, 6) is -0.376. The predicted molar refractivity (Wildman–Crippen MR) is 116 cm³/mol. The second-order valence-electron chi connectivity index (χ2n) is 7.76. The first kappa shape index (κ1) is 31.9. The molecule has 0 aromatic heterocycles. The molecule has 0 aliphatic rings. The molecule has 0 atom stereocenters. The zero-order valence-corrected chi connectivity index (χ0v) is 23.1. The van der Waals surface area contributed by atoms with Crippen LogP contribution in [-0.2, 0) is 14.9 Å². The van der Waals surface area contributed by atoms with E-state index >= 15 is 0 Å². The van der Waals surface area contributed by atoms with Crippen LogP contribution in [0.25, 0.3) is 0 Å². The summed E-state index contributed by atoms with van der Waals surface area (Å²) >= 11 is 0. The van der Waals surface area contributed by atoms with E-state index in [9.17, 15) is 17.8 Å². The molecule has 0 aliphatic heterocycles. The van der Waals surface area contributed by atoms with E-state index in [1.807, 2.05) is 0 Å². The Morgan fingerprint density at radius 3 is 1.83 bits per heavy atom. The third-order valence-electron chi connectivity index (χ3n) is 4.97. The number of unbranched alkanes of at least 4 members (excludes halogenated alkanes) is 11. The number of carbonyl (C=O) groups is 1. The SMILES string of the molecule is CCCCCCCC/C=C/CCCCCCCC(=O)N(C)CCCS(=O)(=O)[O-].[K+]. The van der Waals surface area contributed by atoms with Crippen LogP contribution in [0.3, 0.4) is 0 Å². The second kappa shape index (κ2) is 22.0. The van der Waals surface area contributed by atoms with Gasteiger partial charge in [-0.3, -0.25) is 4.79 Å². The van der Waals surface area contributed by atoms with Crippen LogP contribution in [0.5, 0.6) is 0 Å². The van der Waals surface area contributed by atoms with E-state index in [0.717, 1.165) is 25.7 Å². The van der Waals surface area contributed by atoms with Crippen LogP contribution in [0.4, 0.5) is 0 Å². The van der Waals surface area contributed by atoms with Crippen LogP contribution >= 0.6 is 0 Å². The van der Waals surface area contributed by atoms with Crippen molar-refractivity contribution in [3.63, 3.8) is 0 Å². The molecule has 0 rings (SSSR count). The molecule has 7 heteroatoms. The van der Waals surface area contributed by atoms with E-state index in [0.29, 0.717) is 13.0 Å². The van der Waals surface area contributed by atoms with Crippen molar-refractivity contribution in [3.8, 4) is 0 Å². The van der Waals surface area contributed by atoms with Crippen molar-refractivity contribution in [2.75, 3.05) is 19.3 Å². The van der Waals surface area contributed by atoms with Gasteiger partial charge < -0.3 is 9.45 Å². The van der Waals surface area contributed by atoms with Gasteiger partial charge >= 0.3 is 51.4 Å². The van der Waals surface area contributed by atoms with Crippen molar-refractivity contribution in [2.45, 2.75) is 103 Å². The van der Waals surface area contributed by atoms with Gasteiger partial charge in [0.2, 0.25) is 5.91 Å². The first-order valence-corrected chi connectivity index (χ1v) is 12.8. The van der Waals surface area contributed by atoms with Gasteiger partial charge in [-0.15, -0.1) is 0 Å². The van der Waals surface area contributed by atoms with Crippen molar-refractivity contribution in [3.05, 3.63) is 12.2 Å². The predicted octanol–water partition coefficient (Wildman–Crippen LogP) is 2.42. The van der Waals surface area contributed by atoms with Crippen LogP contribution in [0.15, 0.2) is 12.2 Å². The van der Waals surface area contributed by atoms with Gasteiger partial charge in [-0.1, -0.05) is 70.4 Å². The van der Waals surface area contributed by atoms with E-state index in [1.165, 1.54) is 62.7 Å². The Bertz CT molecular complexity index is 509. The number of rotatable bonds is 19. The van der Waals surface area contributed by atoms with Crippen LogP contribution in [0.1, 0.15) is 103 Å².